The first-order valence-corrected chi connectivity index (χ1v) is 6.91. The Morgan fingerprint density at radius 2 is 1.89 bits per heavy atom. The number of nitrogens with zero attached hydrogens (tertiary/aromatic N) is 1. The maximum atomic E-state index is 5.67. The zero-order chi connectivity index (χ0) is 13.6. The highest BCUT2D eigenvalue weighted by molar-refractivity contribution is 5.31. The number of rotatable bonds is 5. The van der Waals surface area contributed by atoms with Gasteiger partial charge < -0.3 is 9.73 Å². The van der Waals surface area contributed by atoms with Crippen LogP contribution in [0.1, 0.15) is 58.9 Å². The molecule has 1 fully saturated rings. The zero-order valence-corrected chi connectivity index (χ0v) is 12.5. The molecule has 3 nitrogen and oxygen atoms in total. The normalized spacial score (nSPS) is 21.5. The Hall–Kier alpha value is -0.830. The van der Waals surface area contributed by atoms with E-state index in [0.29, 0.717) is 22.7 Å². The highest BCUT2D eigenvalue weighted by atomic mass is 16.3. The minimum absolute atomic E-state index is 0.305. The summed E-state index contributed by atoms with van der Waals surface area (Å²) in [6.45, 7) is 15.5. The lowest BCUT2D eigenvalue weighted by molar-refractivity contribution is 0.457. The van der Waals surface area contributed by atoms with E-state index in [0.717, 1.165) is 24.5 Å². The molecule has 1 aromatic heterocycles. The second-order valence-electron chi connectivity index (χ2n) is 7.06. The van der Waals surface area contributed by atoms with E-state index in [4.69, 9.17) is 4.42 Å². The Balaban J connectivity index is 2.06. The second kappa shape index (κ2) is 4.37. The lowest BCUT2D eigenvalue weighted by Crippen LogP contribution is -2.19. The first-order chi connectivity index (χ1) is 8.28. The molecule has 0 aromatic carbocycles. The molecular formula is C15H26N2O. The van der Waals surface area contributed by atoms with E-state index in [9.17, 15) is 0 Å². The van der Waals surface area contributed by atoms with E-state index in [1.165, 1.54) is 0 Å². The minimum atomic E-state index is 0.305. The molecule has 1 aromatic rings. The number of oxazole rings is 1. The van der Waals surface area contributed by atoms with Crippen molar-refractivity contribution in [2.45, 2.75) is 54.0 Å². The molecular weight excluding hydrogens is 224 g/mol. The van der Waals surface area contributed by atoms with Crippen LogP contribution in [0.5, 0.6) is 0 Å². The third-order valence-electron chi connectivity index (χ3n) is 4.80. The van der Waals surface area contributed by atoms with E-state index in [1.54, 1.807) is 6.39 Å². The lowest BCUT2D eigenvalue weighted by atomic mass is 10.0. The molecule has 1 aliphatic rings. The topological polar surface area (TPSA) is 38.1 Å². The van der Waals surface area contributed by atoms with Crippen molar-refractivity contribution in [3.63, 3.8) is 0 Å². The minimum Gasteiger partial charge on any atom is -0.448 e. The summed E-state index contributed by atoms with van der Waals surface area (Å²) in [5, 5.41) is 3.44. The van der Waals surface area contributed by atoms with Gasteiger partial charge in [0.25, 0.3) is 0 Å². The summed E-state index contributed by atoms with van der Waals surface area (Å²) in [6.07, 6.45) is 1.59. The fourth-order valence-corrected chi connectivity index (χ4v) is 2.98. The summed E-state index contributed by atoms with van der Waals surface area (Å²) in [7, 11) is 0. The van der Waals surface area contributed by atoms with Crippen LogP contribution >= 0.6 is 0 Å². The van der Waals surface area contributed by atoms with Crippen LogP contribution in [0, 0.1) is 16.7 Å². The second-order valence-corrected chi connectivity index (χ2v) is 7.06. The molecule has 1 N–H and O–H groups in total. The average Bonchev–Trinajstić information content (AvgIpc) is 2.60. The van der Waals surface area contributed by atoms with Crippen molar-refractivity contribution in [1.82, 2.24) is 10.3 Å². The first kappa shape index (κ1) is 13.6. The molecule has 0 amide bonds. The molecule has 102 valence electrons. The van der Waals surface area contributed by atoms with Crippen molar-refractivity contribution in [3.8, 4) is 0 Å². The van der Waals surface area contributed by atoms with Crippen LogP contribution in [-0.2, 0) is 6.54 Å². The first-order valence-electron chi connectivity index (χ1n) is 6.91. The van der Waals surface area contributed by atoms with Crippen molar-refractivity contribution < 1.29 is 4.42 Å². The monoisotopic (exact) mass is 250 g/mol. The molecule has 3 heteroatoms. The van der Waals surface area contributed by atoms with Gasteiger partial charge in [-0.25, -0.2) is 4.98 Å². The number of hydrogen-bond donors (Lipinski definition) is 1. The predicted octanol–water partition coefficient (Wildman–Crippen LogP) is 3.57. The SMILES string of the molecule is CC(C)CNCc1ncoc1C1C(C)(C)C1(C)C. The molecule has 0 unspecified atom stereocenters. The van der Waals surface area contributed by atoms with Crippen LogP contribution in [0.15, 0.2) is 10.8 Å². The van der Waals surface area contributed by atoms with E-state index in [2.05, 4.69) is 51.8 Å². The van der Waals surface area contributed by atoms with Gasteiger partial charge in [-0.1, -0.05) is 41.5 Å². The Bertz CT molecular complexity index is 404. The summed E-state index contributed by atoms with van der Waals surface area (Å²) >= 11 is 0. The molecule has 0 aliphatic heterocycles. The standard InChI is InChI=1S/C15H26N2O/c1-10(2)7-16-8-11-12(18-9-17-11)13-14(3,4)15(13,5)6/h9-10,13,16H,7-8H2,1-6H3. The fourth-order valence-electron chi connectivity index (χ4n) is 2.98. The van der Waals surface area contributed by atoms with Gasteiger partial charge in [-0.15, -0.1) is 0 Å². The van der Waals surface area contributed by atoms with Gasteiger partial charge in [-0.3, -0.25) is 0 Å². The third kappa shape index (κ3) is 2.09. The molecule has 0 saturated heterocycles. The molecule has 2 rings (SSSR count). The largest absolute Gasteiger partial charge is 0.448 e. The predicted molar refractivity (Wildman–Crippen MR) is 73.4 cm³/mol. The van der Waals surface area contributed by atoms with Crippen molar-refractivity contribution in [2.75, 3.05) is 6.54 Å². The zero-order valence-electron chi connectivity index (χ0n) is 12.5. The van der Waals surface area contributed by atoms with Gasteiger partial charge in [-0.2, -0.15) is 0 Å². The number of hydrogen-bond acceptors (Lipinski definition) is 3. The summed E-state index contributed by atoms with van der Waals surface area (Å²) < 4.78 is 5.67. The molecule has 1 aliphatic carbocycles. The lowest BCUT2D eigenvalue weighted by Gasteiger charge is -2.07. The van der Waals surface area contributed by atoms with Crippen LogP contribution in [0.4, 0.5) is 0 Å². The van der Waals surface area contributed by atoms with E-state index >= 15 is 0 Å². The molecule has 0 atom stereocenters. The Morgan fingerprint density at radius 3 is 2.39 bits per heavy atom. The van der Waals surface area contributed by atoms with Crippen molar-refractivity contribution in [1.29, 1.82) is 0 Å². The molecule has 0 radical (unpaired) electrons. The molecule has 0 bridgehead atoms. The van der Waals surface area contributed by atoms with Gasteiger partial charge in [0.2, 0.25) is 0 Å². The average molecular weight is 250 g/mol. The summed E-state index contributed by atoms with van der Waals surface area (Å²) in [6, 6.07) is 0. The quantitative estimate of drug-likeness (QED) is 0.868. The summed E-state index contributed by atoms with van der Waals surface area (Å²) in [5.74, 6) is 2.23. The Labute approximate surface area is 110 Å². The van der Waals surface area contributed by atoms with Crippen LogP contribution in [0.25, 0.3) is 0 Å². The Morgan fingerprint density at radius 1 is 1.28 bits per heavy atom. The van der Waals surface area contributed by atoms with Gasteiger partial charge >= 0.3 is 0 Å². The van der Waals surface area contributed by atoms with Crippen molar-refractivity contribution in [2.24, 2.45) is 16.7 Å². The Kier molecular flexibility index (Phi) is 3.30. The molecule has 1 heterocycles. The van der Waals surface area contributed by atoms with Crippen LogP contribution < -0.4 is 5.32 Å². The van der Waals surface area contributed by atoms with Gasteiger partial charge in [0, 0.05) is 12.5 Å². The van der Waals surface area contributed by atoms with E-state index in [1.807, 2.05) is 0 Å². The van der Waals surface area contributed by atoms with Gasteiger partial charge in [0.1, 0.15) is 5.76 Å². The smallest absolute Gasteiger partial charge is 0.181 e. The van der Waals surface area contributed by atoms with Gasteiger partial charge in [0.15, 0.2) is 6.39 Å². The summed E-state index contributed by atoms with van der Waals surface area (Å²) in [5.41, 5.74) is 1.69. The van der Waals surface area contributed by atoms with Crippen LogP contribution in [0.3, 0.4) is 0 Å². The van der Waals surface area contributed by atoms with Gasteiger partial charge in [-0.05, 0) is 23.3 Å². The third-order valence-corrected chi connectivity index (χ3v) is 4.80. The van der Waals surface area contributed by atoms with Gasteiger partial charge in [0.05, 0.1) is 5.69 Å². The van der Waals surface area contributed by atoms with Crippen LogP contribution in [0.2, 0.25) is 0 Å². The van der Waals surface area contributed by atoms with E-state index < -0.39 is 0 Å². The molecule has 0 spiro atoms. The maximum Gasteiger partial charge on any atom is 0.181 e. The van der Waals surface area contributed by atoms with Crippen LogP contribution in [-0.4, -0.2) is 11.5 Å². The number of nitrogens with one attached hydrogen (secondary N) is 1. The molecule has 1 saturated carbocycles. The van der Waals surface area contributed by atoms with Crippen molar-refractivity contribution >= 4 is 0 Å². The summed E-state index contributed by atoms with van der Waals surface area (Å²) in [4.78, 5) is 4.38. The number of aromatic nitrogens is 1. The fraction of sp³-hybridized carbons (Fsp3) is 0.800. The highest BCUT2D eigenvalue weighted by Gasteiger charge is 2.67. The molecule has 18 heavy (non-hydrogen) atoms. The van der Waals surface area contributed by atoms with E-state index in [-0.39, 0.29) is 0 Å². The maximum absolute atomic E-state index is 5.67. The highest BCUT2D eigenvalue weighted by Crippen LogP contribution is 2.73. The van der Waals surface area contributed by atoms with Crippen molar-refractivity contribution in [3.05, 3.63) is 17.8 Å².